The summed E-state index contributed by atoms with van der Waals surface area (Å²) in [6.07, 6.45) is 1.93. The van der Waals surface area contributed by atoms with Crippen molar-refractivity contribution >= 4 is 31.9 Å². The molecule has 2 aromatic carbocycles. The zero-order chi connectivity index (χ0) is 14.7. The Morgan fingerprint density at radius 2 is 2.05 bits per heavy atom. The number of benzene rings is 2. The summed E-state index contributed by atoms with van der Waals surface area (Å²) in [5.74, 6) is 1.98. The van der Waals surface area contributed by atoms with Gasteiger partial charge in [-0.2, -0.15) is 0 Å². The van der Waals surface area contributed by atoms with Crippen LogP contribution in [0.2, 0.25) is 0 Å². The van der Waals surface area contributed by atoms with Crippen LogP contribution in [-0.2, 0) is 18.2 Å². The lowest BCUT2D eigenvalue weighted by molar-refractivity contribution is 0.319. The van der Waals surface area contributed by atoms with E-state index in [9.17, 15) is 0 Å². The van der Waals surface area contributed by atoms with E-state index < -0.39 is 0 Å². The number of hydrogen-bond donors (Lipinski definition) is 0. The monoisotopic (exact) mass is 410 g/mol. The van der Waals surface area contributed by atoms with Gasteiger partial charge in [-0.3, -0.25) is 0 Å². The predicted molar refractivity (Wildman–Crippen MR) is 91.6 cm³/mol. The second kappa shape index (κ2) is 6.84. The summed E-state index contributed by atoms with van der Waals surface area (Å²) >= 11 is 6.98. The van der Waals surface area contributed by atoms with E-state index in [0.29, 0.717) is 6.61 Å². The van der Waals surface area contributed by atoms with Crippen LogP contribution in [-0.4, -0.2) is 13.2 Å². The molecule has 2 nitrogen and oxygen atoms in total. The number of ether oxygens (including phenoxy) is 2. The fourth-order valence-corrected chi connectivity index (χ4v) is 3.31. The van der Waals surface area contributed by atoms with Gasteiger partial charge in [-0.1, -0.05) is 44.0 Å². The Bertz CT molecular complexity index is 641. The van der Waals surface area contributed by atoms with E-state index in [-0.39, 0.29) is 0 Å². The highest BCUT2D eigenvalue weighted by molar-refractivity contribution is 9.10. The summed E-state index contributed by atoms with van der Waals surface area (Å²) in [6.45, 7) is 1.49. The molecule has 0 bridgehead atoms. The third-order valence-electron chi connectivity index (χ3n) is 3.57. The lowest BCUT2D eigenvalue weighted by atomic mass is 10.1. The van der Waals surface area contributed by atoms with Gasteiger partial charge in [0, 0.05) is 28.2 Å². The molecule has 3 rings (SSSR count). The van der Waals surface area contributed by atoms with Crippen LogP contribution in [0.3, 0.4) is 0 Å². The molecule has 0 aliphatic carbocycles. The van der Waals surface area contributed by atoms with Gasteiger partial charge < -0.3 is 9.47 Å². The van der Waals surface area contributed by atoms with Gasteiger partial charge in [0.15, 0.2) is 0 Å². The molecule has 0 spiro atoms. The Kier molecular flexibility index (Phi) is 4.86. The maximum absolute atomic E-state index is 5.92. The van der Waals surface area contributed by atoms with E-state index in [1.54, 1.807) is 0 Å². The summed E-state index contributed by atoms with van der Waals surface area (Å²) in [4.78, 5) is 0. The van der Waals surface area contributed by atoms with E-state index in [2.05, 4.69) is 56.1 Å². The molecule has 0 unspecified atom stereocenters. The van der Waals surface area contributed by atoms with Crippen LogP contribution in [0.5, 0.6) is 11.5 Å². The average molecular weight is 412 g/mol. The summed E-state index contributed by atoms with van der Waals surface area (Å²) < 4.78 is 12.5. The summed E-state index contributed by atoms with van der Waals surface area (Å²) in [6, 6.07) is 12.5. The molecule has 1 heterocycles. The molecule has 1 aliphatic rings. The highest BCUT2D eigenvalue weighted by Crippen LogP contribution is 2.27. The van der Waals surface area contributed by atoms with Gasteiger partial charge in [-0.25, -0.2) is 0 Å². The smallest absolute Gasteiger partial charge is 0.123 e. The van der Waals surface area contributed by atoms with Gasteiger partial charge >= 0.3 is 0 Å². The Labute approximate surface area is 141 Å². The van der Waals surface area contributed by atoms with Crippen LogP contribution in [0.15, 0.2) is 40.9 Å². The van der Waals surface area contributed by atoms with Crippen molar-refractivity contribution in [2.75, 3.05) is 13.2 Å². The van der Waals surface area contributed by atoms with Crippen molar-refractivity contribution < 1.29 is 9.47 Å². The van der Waals surface area contributed by atoms with Gasteiger partial charge in [0.25, 0.3) is 0 Å². The van der Waals surface area contributed by atoms with Crippen molar-refractivity contribution in [2.45, 2.75) is 18.2 Å². The third-order valence-corrected chi connectivity index (χ3v) is 4.67. The van der Waals surface area contributed by atoms with Gasteiger partial charge in [0.1, 0.15) is 11.5 Å². The van der Waals surface area contributed by atoms with E-state index in [4.69, 9.17) is 9.47 Å². The molecule has 2 aromatic rings. The summed E-state index contributed by atoms with van der Waals surface area (Å²) in [5, 5.41) is 0.790. The molecule has 0 atom stereocenters. The lowest BCUT2D eigenvalue weighted by Gasteiger charge is -2.11. The lowest BCUT2D eigenvalue weighted by Crippen LogP contribution is -2.03. The minimum Gasteiger partial charge on any atom is -0.493 e. The molecule has 1 aliphatic heterocycles. The molecule has 0 radical (unpaired) electrons. The van der Waals surface area contributed by atoms with Crippen LogP contribution < -0.4 is 9.47 Å². The molecule has 0 aromatic heterocycles. The largest absolute Gasteiger partial charge is 0.493 e. The topological polar surface area (TPSA) is 18.5 Å². The molecule has 4 heteroatoms. The van der Waals surface area contributed by atoms with E-state index in [1.807, 2.05) is 12.1 Å². The van der Waals surface area contributed by atoms with Gasteiger partial charge in [-0.05, 0) is 35.4 Å². The van der Waals surface area contributed by atoms with Crippen molar-refractivity contribution in [3.63, 3.8) is 0 Å². The van der Waals surface area contributed by atoms with Gasteiger partial charge in [0.05, 0.1) is 13.2 Å². The number of alkyl halides is 1. The molecule has 21 heavy (non-hydrogen) atoms. The Morgan fingerprint density at radius 3 is 2.90 bits per heavy atom. The van der Waals surface area contributed by atoms with Gasteiger partial charge in [-0.15, -0.1) is 0 Å². The average Bonchev–Trinajstić information content (AvgIpc) is 2.96. The first-order chi connectivity index (χ1) is 10.3. The Balaban J connectivity index is 1.61. The van der Waals surface area contributed by atoms with E-state index in [0.717, 1.165) is 46.3 Å². The van der Waals surface area contributed by atoms with Crippen molar-refractivity contribution in [3.05, 3.63) is 57.6 Å². The standard InChI is InChI=1S/C17H16Br2O2/c18-11-14-10-15(19)2-4-17(14)20-7-5-12-1-3-16-13(9-12)6-8-21-16/h1-4,9-10H,5-8,11H2. The molecule has 110 valence electrons. The van der Waals surface area contributed by atoms with E-state index >= 15 is 0 Å². The Morgan fingerprint density at radius 1 is 1.14 bits per heavy atom. The van der Waals surface area contributed by atoms with Crippen molar-refractivity contribution in [1.82, 2.24) is 0 Å². The number of hydrogen-bond acceptors (Lipinski definition) is 2. The van der Waals surface area contributed by atoms with Crippen LogP contribution in [0.1, 0.15) is 16.7 Å². The predicted octanol–water partition coefficient (Wildman–Crippen LogP) is 4.90. The zero-order valence-corrected chi connectivity index (χ0v) is 14.7. The van der Waals surface area contributed by atoms with E-state index in [1.165, 1.54) is 11.1 Å². The number of halogens is 2. The second-order valence-corrected chi connectivity index (χ2v) is 6.50. The second-order valence-electron chi connectivity index (χ2n) is 5.02. The fourth-order valence-electron chi connectivity index (χ4n) is 2.47. The molecule has 0 saturated heterocycles. The first kappa shape index (κ1) is 14.9. The highest BCUT2D eigenvalue weighted by atomic mass is 79.9. The third kappa shape index (κ3) is 3.61. The van der Waals surface area contributed by atoms with Crippen molar-refractivity contribution in [2.24, 2.45) is 0 Å². The summed E-state index contributed by atoms with van der Waals surface area (Å²) in [5.41, 5.74) is 3.78. The highest BCUT2D eigenvalue weighted by Gasteiger charge is 2.12. The first-order valence-electron chi connectivity index (χ1n) is 6.98. The van der Waals surface area contributed by atoms with Gasteiger partial charge in [0.2, 0.25) is 0 Å². The molecule has 0 N–H and O–H groups in total. The quantitative estimate of drug-likeness (QED) is 0.651. The normalized spacial score (nSPS) is 12.9. The molecule has 0 saturated carbocycles. The van der Waals surface area contributed by atoms with Crippen LogP contribution in [0.25, 0.3) is 0 Å². The zero-order valence-electron chi connectivity index (χ0n) is 11.6. The molecule has 0 fully saturated rings. The maximum atomic E-state index is 5.92. The first-order valence-corrected chi connectivity index (χ1v) is 8.89. The summed E-state index contributed by atoms with van der Waals surface area (Å²) in [7, 11) is 0. The fraction of sp³-hybridized carbons (Fsp3) is 0.294. The van der Waals surface area contributed by atoms with Crippen LogP contribution >= 0.6 is 31.9 Å². The van der Waals surface area contributed by atoms with Crippen molar-refractivity contribution in [3.8, 4) is 11.5 Å². The maximum Gasteiger partial charge on any atom is 0.123 e. The molecular formula is C17H16Br2O2. The number of rotatable bonds is 5. The minimum atomic E-state index is 0.682. The molecular weight excluding hydrogens is 396 g/mol. The SMILES string of the molecule is BrCc1cc(Br)ccc1OCCc1ccc2c(c1)CCO2. The molecule has 0 amide bonds. The minimum absolute atomic E-state index is 0.682. The van der Waals surface area contributed by atoms with Crippen LogP contribution in [0.4, 0.5) is 0 Å². The number of fused-ring (bicyclic) bond motifs is 1. The Hall–Kier alpha value is -1.00. The van der Waals surface area contributed by atoms with Crippen molar-refractivity contribution in [1.29, 1.82) is 0 Å². The van der Waals surface area contributed by atoms with Crippen LogP contribution in [0, 0.1) is 0 Å².